The number of nitrogens with zero attached hydrogens (tertiary/aromatic N) is 1. The number of aromatic amines is 1. The van der Waals surface area contributed by atoms with Gasteiger partial charge in [-0.05, 0) is 37.3 Å². The van der Waals surface area contributed by atoms with Gasteiger partial charge in [-0.15, -0.1) is 0 Å². The molecule has 1 aromatic rings. The largest absolute Gasteiger partial charge is 0.389 e. The summed E-state index contributed by atoms with van der Waals surface area (Å²) in [6.45, 7) is 0.657. The molecule has 18 heavy (non-hydrogen) atoms. The Morgan fingerprint density at radius 3 is 2.78 bits per heavy atom. The number of carbonyl (C=O) groups is 1. The molecule has 1 aromatic heterocycles. The molecule has 1 aliphatic heterocycles. The molecule has 1 amide bonds. The van der Waals surface area contributed by atoms with Crippen molar-refractivity contribution in [1.82, 2.24) is 9.88 Å². The molecule has 5 nitrogen and oxygen atoms in total. The monoisotopic (exact) mass is 248 g/mol. The maximum absolute atomic E-state index is 12.1. The highest BCUT2D eigenvalue weighted by atomic mass is 16.3. The van der Waals surface area contributed by atoms with Gasteiger partial charge in [0.15, 0.2) is 0 Å². The van der Waals surface area contributed by atoms with Crippen molar-refractivity contribution in [1.29, 1.82) is 0 Å². The number of likely N-dealkylation sites (tertiary alicyclic amines) is 1. The third-order valence-electron chi connectivity index (χ3n) is 3.72. The van der Waals surface area contributed by atoms with E-state index in [-0.39, 0.29) is 17.0 Å². The zero-order valence-electron chi connectivity index (χ0n) is 10.1. The Kier molecular flexibility index (Phi) is 2.70. The molecule has 1 fully saturated rings. The maximum atomic E-state index is 12.1. The first-order chi connectivity index (χ1) is 8.65. The highest BCUT2D eigenvalue weighted by molar-refractivity contribution is 5.94. The van der Waals surface area contributed by atoms with Gasteiger partial charge < -0.3 is 15.0 Å². The smallest absolute Gasteiger partial charge is 0.261 e. The molecular formula is C13H16N2O3. The SMILES string of the molecule is O=C(c1cc2c([nH]c1=O)CCCC2)N1CC(O)C1. The van der Waals surface area contributed by atoms with Crippen LogP contribution in [-0.4, -0.2) is 40.1 Å². The van der Waals surface area contributed by atoms with Gasteiger partial charge in [-0.1, -0.05) is 0 Å². The third kappa shape index (κ3) is 1.84. The maximum Gasteiger partial charge on any atom is 0.261 e. The van der Waals surface area contributed by atoms with E-state index in [1.807, 2.05) is 0 Å². The molecular weight excluding hydrogens is 232 g/mol. The summed E-state index contributed by atoms with van der Waals surface area (Å²) >= 11 is 0. The van der Waals surface area contributed by atoms with Crippen molar-refractivity contribution in [3.8, 4) is 0 Å². The number of aryl methyl sites for hydroxylation is 2. The molecule has 5 heteroatoms. The van der Waals surface area contributed by atoms with E-state index in [0.717, 1.165) is 36.9 Å². The Morgan fingerprint density at radius 2 is 2.06 bits per heavy atom. The minimum atomic E-state index is -0.439. The van der Waals surface area contributed by atoms with Gasteiger partial charge in [-0.3, -0.25) is 9.59 Å². The zero-order chi connectivity index (χ0) is 12.7. The Labute approximate surface area is 104 Å². The molecule has 96 valence electrons. The lowest BCUT2D eigenvalue weighted by Crippen LogP contribution is -2.54. The first-order valence-corrected chi connectivity index (χ1v) is 6.37. The minimum absolute atomic E-state index is 0.211. The summed E-state index contributed by atoms with van der Waals surface area (Å²) in [5.74, 6) is -0.269. The van der Waals surface area contributed by atoms with Crippen molar-refractivity contribution < 1.29 is 9.90 Å². The van der Waals surface area contributed by atoms with Crippen molar-refractivity contribution in [2.45, 2.75) is 31.8 Å². The first kappa shape index (κ1) is 11.5. The second kappa shape index (κ2) is 4.24. The van der Waals surface area contributed by atoms with E-state index in [2.05, 4.69) is 4.98 Å². The molecule has 1 saturated heterocycles. The molecule has 0 atom stereocenters. The fourth-order valence-corrected chi connectivity index (χ4v) is 2.63. The van der Waals surface area contributed by atoms with Crippen LogP contribution in [0.3, 0.4) is 0 Å². The van der Waals surface area contributed by atoms with Crippen LogP contribution in [0.5, 0.6) is 0 Å². The van der Waals surface area contributed by atoms with E-state index in [1.54, 1.807) is 6.07 Å². The van der Waals surface area contributed by atoms with E-state index in [0.29, 0.717) is 13.1 Å². The number of aromatic nitrogens is 1. The summed E-state index contributed by atoms with van der Waals surface area (Å²) < 4.78 is 0. The second-order valence-corrected chi connectivity index (χ2v) is 5.09. The van der Waals surface area contributed by atoms with Crippen LogP contribution >= 0.6 is 0 Å². The van der Waals surface area contributed by atoms with Crippen LogP contribution in [0.25, 0.3) is 0 Å². The quantitative estimate of drug-likeness (QED) is 0.738. The van der Waals surface area contributed by atoms with Crippen LogP contribution in [0.2, 0.25) is 0 Å². The van der Waals surface area contributed by atoms with Crippen LogP contribution in [0.4, 0.5) is 0 Å². The third-order valence-corrected chi connectivity index (χ3v) is 3.72. The van der Waals surface area contributed by atoms with E-state index >= 15 is 0 Å². The molecule has 3 rings (SSSR count). The highest BCUT2D eigenvalue weighted by Crippen LogP contribution is 2.20. The average Bonchev–Trinajstić information content (AvgIpc) is 2.33. The molecule has 2 heterocycles. The number of aliphatic hydroxyl groups excluding tert-OH is 1. The van der Waals surface area contributed by atoms with E-state index < -0.39 is 6.10 Å². The van der Waals surface area contributed by atoms with Crippen LogP contribution in [0.15, 0.2) is 10.9 Å². The van der Waals surface area contributed by atoms with E-state index in [9.17, 15) is 14.7 Å². The van der Waals surface area contributed by atoms with Gasteiger partial charge in [-0.25, -0.2) is 0 Å². The minimum Gasteiger partial charge on any atom is -0.389 e. The lowest BCUT2D eigenvalue weighted by molar-refractivity contribution is 0.00576. The second-order valence-electron chi connectivity index (χ2n) is 5.09. The van der Waals surface area contributed by atoms with Crippen molar-refractivity contribution in [2.75, 3.05) is 13.1 Å². The lowest BCUT2D eigenvalue weighted by Gasteiger charge is -2.35. The van der Waals surface area contributed by atoms with Gasteiger partial charge in [-0.2, -0.15) is 0 Å². The van der Waals surface area contributed by atoms with Gasteiger partial charge in [0.05, 0.1) is 6.10 Å². The summed E-state index contributed by atoms with van der Waals surface area (Å²) in [6, 6.07) is 1.74. The van der Waals surface area contributed by atoms with Gasteiger partial charge in [0.2, 0.25) is 0 Å². The average molecular weight is 248 g/mol. The topological polar surface area (TPSA) is 73.4 Å². The molecule has 0 bridgehead atoms. The molecule has 0 spiro atoms. The summed E-state index contributed by atoms with van der Waals surface area (Å²) in [6.07, 6.45) is 3.57. The normalized spacial score (nSPS) is 19.3. The molecule has 0 radical (unpaired) electrons. The Hall–Kier alpha value is -1.62. The number of amides is 1. The van der Waals surface area contributed by atoms with Crippen molar-refractivity contribution >= 4 is 5.91 Å². The summed E-state index contributed by atoms with van der Waals surface area (Å²) in [4.78, 5) is 28.3. The molecule has 1 aliphatic carbocycles. The Bertz CT molecular complexity index is 544. The standard InChI is InChI=1S/C13H16N2O3/c16-9-6-15(7-9)13(18)10-5-8-3-1-2-4-11(8)14-12(10)17/h5,9,16H,1-4,6-7H2,(H,14,17). The van der Waals surface area contributed by atoms with Gasteiger partial charge >= 0.3 is 0 Å². The predicted octanol–water partition coefficient (Wildman–Crippen LogP) is 0.0704. The molecule has 0 aromatic carbocycles. The van der Waals surface area contributed by atoms with Gasteiger partial charge in [0.25, 0.3) is 11.5 Å². The zero-order valence-corrected chi connectivity index (χ0v) is 10.1. The molecule has 0 saturated carbocycles. The number of β-amino-alcohol motifs (C(OH)–C–C–N with tert-alkyl or cyclic N) is 1. The van der Waals surface area contributed by atoms with Crippen molar-refractivity contribution in [3.05, 3.63) is 33.2 Å². The number of hydrogen-bond acceptors (Lipinski definition) is 3. The number of aliphatic hydroxyl groups is 1. The lowest BCUT2D eigenvalue weighted by atomic mass is 9.94. The molecule has 0 unspecified atom stereocenters. The molecule has 2 N–H and O–H groups in total. The van der Waals surface area contributed by atoms with Crippen LogP contribution < -0.4 is 5.56 Å². The fourth-order valence-electron chi connectivity index (χ4n) is 2.63. The summed E-state index contributed by atoms with van der Waals surface area (Å²) in [7, 11) is 0. The molecule has 2 aliphatic rings. The fraction of sp³-hybridized carbons (Fsp3) is 0.538. The van der Waals surface area contributed by atoms with Crippen molar-refractivity contribution in [3.63, 3.8) is 0 Å². The summed E-state index contributed by atoms with van der Waals surface area (Å²) in [5, 5.41) is 9.20. The van der Waals surface area contributed by atoms with Crippen LogP contribution in [0, 0.1) is 0 Å². The van der Waals surface area contributed by atoms with Crippen molar-refractivity contribution in [2.24, 2.45) is 0 Å². The number of nitrogens with one attached hydrogen (secondary N) is 1. The first-order valence-electron chi connectivity index (χ1n) is 6.37. The Balaban J connectivity index is 1.92. The van der Waals surface area contributed by atoms with E-state index in [4.69, 9.17) is 0 Å². The highest BCUT2D eigenvalue weighted by Gasteiger charge is 2.31. The number of fused-ring (bicyclic) bond motifs is 1. The number of pyridine rings is 1. The van der Waals surface area contributed by atoms with Crippen LogP contribution in [0.1, 0.15) is 34.5 Å². The number of hydrogen-bond donors (Lipinski definition) is 2. The Morgan fingerprint density at radius 1 is 1.33 bits per heavy atom. The number of carbonyl (C=O) groups excluding carboxylic acids is 1. The van der Waals surface area contributed by atoms with Gasteiger partial charge in [0.1, 0.15) is 5.56 Å². The summed E-state index contributed by atoms with van der Waals surface area (Å²) in [5.41, 5.74) is 1.97. The van der Waals surface area contributed by atoms with Gasteiger partial charge in [0, 0.05) is 18.8 Å². The number of H-pyrrole nitrogens is 1. The van der Waals surface area contributed by atoms with Crippen LogP contribution in [-0.2, 0) is 12.8 Å². The van der Waals surface area contributed by atoms with E-state index in [1.165, 1.54) is 4.90 Å². The predicted molar refractivity (Wildman–Crippen MR) is 65.6 cm³/mol. The number of rotatable bonds is 1.